The lowest BCUT2D eigenvalue weighted by Gasteiger charge is -2.34. The summed E-state index contributed by atoms with van der Waals surface area (Å²) in [6.07, 6.45) is -4.48. The van der Waals surface area contributed by atoms with Crippen molar-refractivity contribution in [2.45, 2.75) is 6.18 Å². The molecule has 1 fully saturated rings. The van der Waals surface area contributed by atoms with E-state index < -0.39 is 17.6 Å². The maximum absolute atomic E-state index is 13.7. The molecule has 0 unspecified atom stereocenters. The SMILES string of the molecule is CN1CCN(C2=Nc3cc(F)ccc3Oc3ccc(C(F)(F)F)cc32)CC1. The Morgan fingerprint density at radius 2 is 1.67 bits per heavy atom. The summed E-state index contributed by atoms with van der Waals surface area (Å²) in [5, 5.41) is 0. The van der Waals surface area contributed by atoms with Crippen molar-refractivity contribution in [2.24, 2.45) is 4.99 Å². The molecule has 0 aromatic heterocycles. The third kappa shape index (κ3) is 3.49. The minimum Gasteiger partial charge on any atom is -0.454 e. The summed E-state index contributed by atoms with van der Waals surface area (Å²) in [4.78, 5) is 8.55. The van der Waals surface area contributed by atoms with Crippen LogP contribution in [0.15, 0.2) is 41.4 Å². The summed E-state index contributed by atoms with van der Waals surface area (Å²) in [5.74, 6) is 0.460. The van der Waals surface area contributed by atoms with Crippen LogP contribution in [-0.2, 0) is 6.18 Å². The van der Waals surface area contributed by atoms with Crippen molar-refractivity contribution in [3.63, 3.8) is 0 Å². The van der Waals surface area contributed by atoms with Crippen molar-refractivity contribution in [3.05, 3.63) is 53.3 Å². The minimum atomic E-state index is -4.48. The normalized spacial score (nSPS) is 17.5. The summed E-state index contributed by atoms with van der Waals surface area (Å²) in [6.45, 7) is 2.72. The zero-order chi connectivity index (χ0) is 19.2. The number of nitrogens with zero attached hydrogens (tertiary/aromatic N) is 3. The highest BCUT2D eigenvalue weighted by Crippen LogP contribution is 2.41. The molecule has 8 heteroatoms. The Labute approximate surface area is 153 Å². The number of piperazine rings is 1. The molecule has 0 radical (unpaired) electrons. The van der Waals surface area contributed by atoms with Gasteiger partial charge in [-0.3, -0.25) is 0 Å². The molecule has 142 valence electrons. The molecule has 27 heavy (non-hydrogen) atoms. The molecular weight excluding hydrogens is 362 g/mol. The van der Waals surface area contributed by atoms with Gasteiger partial charge < -0.3 is 14.5 Å². The average molecular weight is 379 g/mol. The first-order valence-corrected chi connectivity index (χ1v) is 8.52. The Morgan fingerprint density at radius 3 is 2.37 bits per heavy atom. The molecule has 2 heterocycles. The van der Waals surface area contributed by atoms with Crippen molar-refractivity contribution in [1.29, 1.82) is 0 Å². The van der Waals surface area contributed by atoms with E-state index >= 15 is 0 Å². The lowest BCUT2D eigenvalue weighted by Crippen LogP contribution is -2.47. The summed E-state index contributed by atoms with van der Waals surface area (Å²) >= 11 is 0. The molecule has 0 N–H and O–H groups in total. The van der Waals surface area contributed by atoms with E-state index in [4.69, 9.17) is 4.74 Å². The Bertz CT molecular complexity index is 902. The number of amidine groups is 1. The topological polar surface area (TPSA) is 28.1 Å². The molecular formula is C19H17F4N3O. The van der Waals surface area contributed by atoms with Crippen LogP contribution < -0.4 is 4.74 Å². The highest BCUT2D eigenvalue weighted by Gasteiger charge is 2.33. The average Bonchev–Trinajstić information content (AvgIpc) is 2.77. The van der Waals surface area contributed by atoms with Gasteiger partial charge in [-0.2, -0.15) is 13.2 Å². The fraction of sp³-hybridized carbons (Fsp3) is 0.316. The number of halogens is 4. The first-order chi connectivity index (χ1) is 12.8. The van der Waals surface area contributed by atoms with Gasteiger partial charge in [-0.25, -0.2) is 9.38 Å². The third-order valence-electron chi connectivity index (χ3n) is 4.72. The summed E-state index contributed by atoms with van der Waals surface area (Å²) in [7, 11) is 1.98. The maximum Gasteiger partial charge on any atom is 0.416 e. The van der Waals surface area contributed by atoms with Gasteiger partial charge in [-0.15, -0.1) is 0 Å². The highest BCUT2D eigenvalue weighted by molar-refractivity contribution is 6.04. The van der Waals surface area contributed by atoms with Crippen molar-refractivity contribution in [2.75, 3.05) is 33.2 Å². The number of benzene rings is 2. The second kappa shape index (κ2) is 6.53. The van der Waals surface area contributed by atoms with Crippen molar-refractivity contribution in [3.8, 4) is 11.5 Å². The molecule has 2 aliphatic rings. The van der Waals surface area contributed by atoms with E-state index in [1.807, 2.05) is 11.9 Å². The van der Waals surface area contributed by atoms with Gasteiger partial charge in [0.2, 0.25) is 0 Å². The number of fused-ring (bicyclic) bond motifs is 2. The molecule has 2 aromatic carbocycles. The Hall–Kier alpha value is -2.61. The number of alkyl halides is 3. The van der Waals surface area contributed by atoms with Gasteiger partial charge in [0.25, 0.3) is 0 Å². The van der Waals surface area contributed by atoms with Crippen LogP contribution in [0.3, 0.4) is 0 Å². The first kappa shape index (κ1) is 17.8. The van der Waals surface area contributed by atoms with E-state index in [9.17, 15) is 17.6 Å². The van der Waals surface area contributed by atoms with Crippen LogP contribution in [0.25, 0.3) is 0 Å². The third-order valence-corrected chi connectivity index (χ3v) is 4.72. The van der Waals surface area contributed by atoms with Crippen LogP contribution in [-0.4, -0.2) is 48.9 Å². The molecule has 0 aliphatic carbocycles. The van der Waals surface area contributed by atoms with E-state index in [-0.39, 0.29) is 17.0 Å². The van der Waals surface area contributed by atoms with Gasteiger partial charge >= 0.3 is 6.18 Å². The van der Waals surface area contributed by atoms with E-state index in [1.54, 1.807) is 0 Å². The van der Waals surface area contributed by atoms with Crippen LogP contribution in [0.5, 0.6) is 11.5 Å². The van der Waals surface area contributed by atoms with E-state index in [0.717, 1.165) is 25.2 Å². The molecule has 0 amide bonds. The standard InChI is InChI=1S/C19H17F4N3O/c1-25-6-8-26(9-7-25)18-14-10-12(19(21,22)23)2-4-16(14)27-17-5-3-13(20)11-15(17)24-18/h2-5,10-11H,6-9H2,1H3. The van der Waals surface area contributed by atoms with Gasteiger partial charge in [0, 0.05) is 32.2 Å². The lowest BCUT2D eigenvalue weighted by molar-refractivity contribution is -0.137. The van der Waals surface area contributed by atoms with Crippen molar-refractivity contribution < 1.29 is 22.3 Å². The molecule has 4 nitrogen and oxygen atoms in total. The quantitative estimate of drug-likeness (QED) is 0.640. The van der Waals surface area contributed by atoms with Crippen molar-refractivity contribution >= 4 is 11.5 Å². The Morgan fingerprint density at radius 1 is 0.963 bits per heavy atom. The van der Waals surface area contributed by atoms with Gasteiger partial charge in [-0.05, 0) is 37.4 Å². The number of hydrogen-bond acceptors (Lipinski definition) is 4. The summed E-state index contributed by atoms with van der Waals surface area (Å²) in [6, 6.07) is 7.22. The zero-order valence-electron chi connectivity index (χ0n) is 14.6. The monoisotopic (exact) mass is 379 g/mol. The number of hydrogen-bond donors (Lipinski definition) is 0. The van der Waals surface area contributed by atoms with E-state index in [2.05, 4.69) is 9.89 Å². The Balaban J connectivity index is 1.87. The van der Waals surface area contributed by atoms with Crippen LogP contribution in [0.4, 0.5) is 23.2 Å². The minimum absolute atomic E-state index is 0.256. The molecule has 2 aliphatic heterocycles. The molecule has 0 atom stereocenters. The number of likely N-dealkylation sites (N-methyl/N-ethyl adjacent to an activating group) is 1. The predicted octanol–water partition coefficient (Wildman–Crippen LogP) is 4.28. The second-order valence-electron chi connectivity index (χ2n) is 6.65. The van der Waals surface area contributed by atoms with Crippen LogP contribution in [0.1, 0.15) is 11.1 Å². The molecule has 1 saturated heterocycles. The Kier molecular flexibility index (Phi) is 4.30. The summed E-state index contributed by atoms with van der Waals surface area (Å²) in [5.41, 5.74) is -0.261. The number of ether oxygens (including phenoxy) is 1. The fourth-order valence-corrected chi connectivity index (χ4v) is 3.19. The second-order valence-corrected chi connectivity index (χ2v) is 6.65. The van der Waals surface area contributed by atoms with Gasteiger partial charge in [0.05, 0.1) is 11.1 Å². The first-order valence-electron chi connectivity index (χ1n) is 8.52. The van der Waals surface area contributed by atoms with Crippen LogP contribution >= 0.6 is 0 Å². The molecule has 2 aromatic rings. The predicted molar refractivity (Wildman–Crippen MR) is 93.2 cm³/mol. The summed E-state index contributed by atoms with van der Waals surface area (Å²) < 4.78 is 59.2. The van der Waals surface area contributed by atoms with E-state index in [1.165, 1.54) is 24.3 Å². The zero-order valence-corrected chi connectivity index (χ0v) is 14.6. The van der Waals surface area contributed by atoms with Crippen molar-refractivity contribution in [1.82, 2.24) is 9.80 Å². The fourth-order valence-electron chi connectivity index (χ4n) is 3.19. The number of aliphatic imine (C=N–C) groups is 1. The largest absolute Gasteiger partial charge is 0.454 e. The molecule has 4 rings (SSSR count). The van der Waals surface area contributed by atoms with Gasteiger partial charge in [-0.1, -0.05) is 0 Å². The molecule has 0 spiro atoms. The smallest absolute Gasteiger partial charge is 0.416 e. The molecule has 0 bridgehead atoms. The molecule has 0 saturated carbocycles. The maximum atomic E-state index is 13.7. The van der Waals surface area contributed by atoms with Crippen LogP contribution in [0.2, 0.25) is 0 Å². The van der Waals surface area contributed by atoms with Gasteiger partial charge in [0.1, 0.15) is 23.1 Å². The van der Waals surface area contributed by atoms with Gasteiger partial charge in [0.15, 0.2) is 5.75 Å². The van der Waals surface area contributed by atoms with E-state index in [0.29, 0.717) is 24.7 Å². The lowest BCUT2D eigenvalue weighted by atomic mass is 10.1. The van der Waals surface area contributed by atoms with Crippen LogP contribution in [0, 0.1) is 5.82 Å². The highest BCUT2D eigenvalue weighted by atomic mass is 19.4. The number of rotatable bonds is 0.